The lowest BCUT2D eigenvalue weighted by atomic mass is 10.0. The largest absolute Gasteiger partial charge is 0.326 e. The topological polar surface area (TPSA) is 29.1 Å². The maximum Gasteiger partial charge on any atom is 0.224 e. The van der Waals surface area contributed by atoms with Crippen LogP contribution in [-0.4, -0.2) is 5.91 Å². The van der Waals surface area contributed by atoms with Gasteiger partial charge in [-0.1, -0.05) is 55.8 Å². The van der Waals surface area contributed by atoms with Gasteiger partial charge in [0.2, 0.25) is 5.91 Å². The summed E-state index contributed by atoms with van der Waals surface area (Å²) in [6.45, 7) is 4.22. The van der Waals surface area contributed by atoms with Crippen molar-refractivity contribution in [2.24, 2.45) is 0 Å². The average molecular weight is 316 g/mol. The van der Waals surface area contributed by atoms with Gasteiger partial charge in [0.15, 0.2) is 0 Å². The van der Waals surface area contributed by atoms with Gasteiger partial charge in [0.05, 0.1) is 0 Å². The van der Waals surface area contributed by atoms with Crippen LogP contribution in [-0.2, 0) is 24.1 Å². The lowest BCUT2D eigenvalue weighted by Crippen LogP contribution is -2.15. The van der Waals surface area contributed by atoms with Crippen LogP contribution in [0.3, 0.4) is 0 Å². The molecular weight excluding hydrogens is 294 g/mol. The zero-order chi connectivity index (χ0) is 15.9. The minimum Gasteiger partial charge on any atom is -0.326 e. The molecule has 3 heteroatoms. The van der Waals surface area contributed by atoms with Gasteiger partial charge >= 0.3 is 0 Å². The number of hydrogen-bond acceptors (Lipinski definition) is 1. The summed E-state index contributed by atoms with van der Waals surface area (Å²) >= 11 is 5.97. The molecule has 0 saturated heterocycles. The van der Waals surface area contributed by atoms with Crippen LogP contribution < -0.4 is 5.32 Å². The molecule has 0 atom stereocenters. The first-order chi connectivity index (χ1) is 10.6. The molecule has 0 fully saturated rings. The third-order valence-corrected chi connectivity index (χ3v) is 4.03. The summed E-state index contributed by atoms with van der Waals surface area (Å²) in [5, 5.41) is 3.80. The number of rotatable bonds is 6. The fourth-order valence-corrected chi connectivity index (χ4v) is 2.77. The fraction of sp³-hybridized carbons (Fsp3) is 0.316. The smallest absolute Gasteiger partial charge is 0.224 e. The van der Waals surface area contributed by atoms with Crippen LogP contribution in [0.5, 0.6) is 0 Å². The molecule has 0 aliphatic rings. The molecule has 0 aromatic heterocycles. The maximum atomic E-state index is 12.3. The molecule has 2 aromatic carbocycles. The SMILES string of the molecule is CCc1cccc(CC)c1NC(=O)CCc1cccc(Cl)c1. The quantitative estimate of drug-likeness (QED) is 0.795. The molecule has 2 rings (SSSR count). The molecule has 0 saturated carbocycles. The number of amides is 1. The molecule has 1 N–H and O–H groups in total. The minimum atomic E-state index is 0.0515. The summed E-state index contributed by atoms with van der Waals surface area (Å²) in [7, 11) is 0. The first kappa shape index (κ1) is 16.6. The second-order valence-electron chi connectivity index (χ2n) is 5.34. The van der Waals surface area contributed by atoms with Gasteiger partial charge in [0, 0.05) is 17.1 Å². The molecule has 2 aromatic rings. The molecule has 0 heterocycles. The summed E-state index contributed by atoms with van der Waals surface area (Å²) in [6.07, 6.45) is 2.99. The van der Waals surface area contributed by atoms with Crippen molar-refractivity contribution < 1.29 is 4.79 Å². The second-order valence-corrected chi connectivity index (χ2v) is 5.77. The Bertz CT molecular complexity index is 629. The zero-order valence-electron chi connectivity index (χ0n) is 13.2. The lowest BCUT2D eigenvalue weighted by Gasteiger charge is -2.14. The molecule has 0 radical (unpaired) electrons. The minimum absolute atomic E-state index is 0.0515. The van der Waals surface area contributed by atoms with Crippen molar-refractivity contribution >= 4 is 23.2 Å². The molecule has 0 spiro atoms. The molecule has 0 unspecified atom stereocenters. The van der Waals surface area contributed by atoms with E-state index < -0.39 is 0 Å². The number of nitrogens with one attached hydrogen (secondary N) is 1. The highest BCUT2D eigenvalue weighted by Crippen LogP contribution is 2.23. The monoisotopic (exact) mass is 315 g/mol. The third-order valence-electron chi connectivity index (χ3n) is 3.79. The number of benzene rings is 2. The molecule has 0 bridgehead atoms. The van der Waals surface area contributed by atoms with Gasteiger partial charge in [-0.2, -0.15) is 0 Å². The Hall–Kier alpha value is -1.80. The van der Waals surface area contributed by atoms with Crippen molar-refractivity contribution in [3.63, 3.8) is 0 Å². The van der Waals surface area contributed by atoms with E-state index in [9.17, 15) is 4.79 Å². The summed E-state index contributed by atoms with van der Waals surface area (Å²) in [5.74, 6) is 0.0515. The van der Waals surface area contributed by atoms with E-state index in [1.807, 2.05) is 24.3 Å². The number of hydrogen-bond donors (Lipinski definition) is 1. The predicted molar refractivity (Wildman–Crippen MR) is 93.6 cm³/mol. The number of aryl methyl sites for hydroxylation is 3. The zero-order valence-corrected chi connectivity index (χ0v) is 13.9. The number of anilines is 1. The Labute approximate surface area is 137 Å². The van der Waals surface area contributed by atoms with Crippen molar-refractivity contribution in [3.8, 4) is 0 Å². The lowest BCUT2D eigenvalue weighted by molar-refractivity contribution is -0.116. The van der Waals surface area contributed by atoms with Crippen LogP contribution >= 0.6 is 11.6 Å². The highest BCUT2D eigenvalue weighted by atomic mass is 35.5. The predicted octanol–water partition coefficient (Wildman–Crippen LogP) is 5.04. The molecule has 0 aliphatic carbocycles. The van der Waals surface area contributed by atoms with Gasteiger partial charge in [-0.15, -0.1) is 0 Å². The van der Waals surface area contributed by atoms with Gasteiger partial charge in [-0.25, -0.2) is 0 Å². The summed E-state index contributed by atoms with van der Waals surface area (Å²) < 4.78 is 0. The number of carbonyl (C=O) groups is 1. The fourth-order valence-electron chi connectivity index (χ4n) is 2.56. The summed E-state index contributed by atoms with van der Waals surface area (Å²) in [6, 6.07) is 13.9. The van der Waals surface area contributed by atoms with E-state index in [2.05, 4.69) is 37.4 Å². The Morgan fingerprint density at radius 2 is 1.68 bits per heavy atom. The Morgan fingerprint density at radius 1 is 1.05 bits per heavy atom. The van der Waals surface area contributed by atoms with Crippen LogP contribution in [0.1, 0.15) is 37.0 Å². The molecule has 116 valence electrons. The molecular formula is C19H22ClNO. The normalized spacial score (nSPS) is 10.5. The van der Waals surface area contributed by atoms with Crippen molar-refractivity contribution in [3.05, 3.63) is 64.2 Å². The van der Waals surface area contributed by atoms with E-state index in [-0.39, 0.29) is 5.91 Å². The van der Waals surface area contributed by atoms with Gasteiger partial charge < -0.3 is 5.32 Å². The van der Waals surface area contributed by atoms with Gasteiger partial charge in [-0.05, 0) is 48.1 Å². The molecule has 2 nitrogen and oxygen atoms in total. The number of halogens is 1. The highest BCUT2D eigenvalue weighted by molar-refractivity contribution is 6.30. The summed E-state index contributed by atoms with van der Waals surface area (Å²) in [5.41, 5.74) is 4.46. The van der Waals surface area contributed by atoms with Gasteiger partial charge in [0.1, 0.15) is 0 Å². The summed E-state index contributed by atoms with van der Waals surface area (Å²) in [4.78, 5) is 12.3. The van der Waals surface area contributed by atoms with E-state index >= 15 is 0 Å². The average Bonchev–Trinajstić information content (AvgIpc) is 2.53. The van der Waals surface area contributed by atoms with E-state index in [0.717, 1.165) is 24.1 Å². The Morgan fingerprint density at radius 3 is 2.27 bits per heavy atom. The van der Waals surface area contributed by atoms with Crippen molar-refractivity contribution in [1.82, 2.24) is 0 Å². The van der Waals surface area contributed by atoms with Gasteiger partial charge in [-0.3, -0.25) is 4.79 Å². The van der Waals surface area contributed by atoms with Crippen molar-refractivity contribution in [2.45, 2.75) is 39.5 Å². The van der Waals surface area contributed by atoms with Crippen LogP contribution in [0, 0.1) is 0 Å². The number of carbonyl (C=O) groups excluding carboxylic acids is 1. The maximum absolute atomic E-state index is 12.3. The third kappa shape index (κ3) is 4.35. The standard InChI is InChI=1S/C19H22ClNO/c1-3-15-8-6-9-16(4-2)19(15)21-18(22)12-11-14-7-5-10-17(20)13-14/h5-10,13H,3-4,11-12H2,1-2H3,(H,21,22). The molecule has 1 amide bonds. The number of para-hydroxylation sites is 1. The van der Waals surface area contributed by atoms with Crippen molar-refractivity contribution in [1.29, 1.82) is 0 Å². The molecule has 22 heavy (non-hydrogen) atoms. The van der Waals surface area contributed by atoms with Gasteiger partial charge in [0.25, 0.3) is 0 Å². The van der Waals surface area contributed by atoms with Crippen LogP contribution in [0.15, 0.2) is 42.5 Å². The first-order valence-electron chi connectivity index (χ1n) is 7.79. The van der Waals surface area contributed by atoms with E-state index in [0.29, 0.717) is 17.9 Å². The van der Waals surface area contributed by atoms with Crippen LogP contribution in [0.25, 0.3) is 0 Å². The second kappa shape index (κ2) is 8.00. The van der Waals surface area contributed by atoms with Crippen molar-refractivity contribution in [2.75, 3.05) is 5.32 Å². The Kier molecular flexibility index (Phi) is 6.02. The van der Waals surface area contributed by atoms with Crippen LogP contribution in [0.4, 0.5) is 5.69 Å². The van der Waals surface area contributed by atoms with E-state index in [4.69, 9.17) is 11.6 Å². The van der Waals surface area contributed by atoms with E-state index in [1.165, 1.54) is 11.1 Å². The van der Waals surface area contributed by atoms with E-state index in [1.54, 1.807) is 0 Å². The van der Waals surface area contributed by atoms with Crippen LogP contribution in [0.2, 0.25) is 5.02 Å². The Balaban J connectivity index is 2.03. The first-order valence-corrected chi connectivity index (χ1v) is 8.16. The highest BCUT2D eigenvalue weighted by Gasteiger charge is 2.10. The molecule has 0 aliphatic heterocycles.